The fourth-order valence-electron chi connectivity index (χ4n) is 2.64. The summed E-state index contributed by atoms with van der Waals surface area (Å²) in [5, 5.41) is 10.2. The molecule has 0 aliphatic carbocycles. The summed E-state index contributed by atoms with van der Waals surface area (Å²) in [5.74, 6) is -3.71. The number of alkyl halides is 2. The van der Waals surface area contributed by atoms with Gasteiger partial charge in [-0.05, 0) is 0 Å². The van der Waals surface area contributed by atoms with E-state index < -0.39 is 65.0 Å². The van der Waals surface area contributed by atoms with Crippen molar-refractivity contribution in [2.24, 2.45) is 0 Å². The van der Waals surface area contributed by atoms with Crippen LogP contribution in [0.2, 0.25) is 0 Å². The van der Waals surface area contributed by atoms with Gasteiger partial charge >= 0.3 is 28.9 Å². The first-order chi connectivity index (χ1) is 14.8. The molecule has 0 bridgehead atoms. The first kappa shape index (κ1) is 27.7. The molecule has 2 rings (SSSR count). The maximum Gasteiger partial charge on any atom is 0.488 e. The molecule has 0 spiro atoms. The summed E-state index contributed by atoms with van der Waals surface area (Å²) in [7, 11) is -16.2. The van der Waals surface area contributed by atoms with Crippen LogP contribution in [0.15, 0.2) is 40.2 Å². The Labute approximate surface area is 182 Å². The number of phosphoric ester groups is 1. The van der Waals surface area contributed by atoms with E-state index in [0.717, 1.165) is 6.07 Å². The molecule has 33 heavy (non-hydrogen) atoms. The van der Waals surface area contributed by atoms with Gasteiger partial charge in [0.15, 0.2) is 12.3 Å². The number of aliphatic hydroxyl groups is 1. The molecule has 5 N–H and O–H groups in total. The Morgan fingerprint density at radius 3 is 2.39 bits per heavy atom. The lowest BCUT2D eigenvalue weighted by Gasteiger charge is -2.26. The van der Waals surface area contributed by atoms with Crippen molar-refractivity contribution in [1.29, 1.82) is 0 Å². The number of H-pyrrole nitrogens is 1. The van der Waals surface area contributed by atoms with Crippen LogP contribution >= 0.6 is 23.2 Å². The van der Waals surface area contributed by atoms with Gasteiger partial charge in [0.25, 0.3) is 11.4 Å². The van der Waals surface area contributed by atoms with E-state index in [2.05, 4.69) is 19.7 Å². The van der Waals surface area contributed by atoms with Crippen LogP contribution in [0, 0.1) is 0 Å². The smallest absolute Gasteiger partial charge is 0.383 e. The number of ether oxygens (including phenoxy) is 1. The predicted molar refractivity (Wildman–Crippen MR) is 102 cm³/mol. The van der Waals surface area contributed by atoms with Crippen LogP contribution in [-0.2, 0) is 31.6 Å². The van der Waals surface area contributed by atoms with Crippen molar-refractivity contribution in [1.82, 2.24) is 9.55 Å². The summed E-state index contributed by atoms with van der Waals surface area (Å²) in [6, 6.07) is 0.742. The normalized spacial score (nSPS) is 32.8. The average Bonchev–Trinajstić information content (AvgIpc) is 2.80. The van der Waals surface area contributed by atoms with Crippen LogP contribution in [0.4, 0.5) is 8.78 Å². The van der Waals surface area contributed by atoms with Crippen LogP contribution in [0.1, 0.15) is 6.23 Å². The number of nitrogens with zero attached hydrogens (tertiary/aromatic N) is 1. The second-order valence-electron chi connectivity index (χ2n) is 6.53. The van der Waals surface area contributed by atoms with Crippen LogP contribution in [-0.4, -0.2) is 60.2 Å². The molecule has 0 saturated carbocycles. The van der Waals surface area contributed by atoms with Gasteiger partial charge in [-0.3, -0.25) is 23.4 Å². The summed E-state index contributed by atoms with van der Waals surface area (Å²) >= 11 is 0. The van der Waals surface area contributed by atoms with E-state index in [1.54, 1.807) is 4.98 Å². The average molecular weight is 540 g/mol. The summed E-state index contributed by atoms with van der Waals surface area (Å²) in [4.78, 5) is 52.6. The van der Waals surface area contributed by atoms with Crippen molar-refractivity contribution in [3.05, 3.63) is 51.5 Å². The number of hydrogen-bond donors (Lipinski definition) is 5. The van der Waals surface area contributed by atoms with E-state index in [4.69, 9.17) is 9.63 Å². The molecule has 7 atom stereocenters. The lowest BCUT2D eigenvalue weighted by Crippen LogP contribution is -2.48. The van der Waals surface area contributed by atoms with Gasteiger partial charge in [-0.1, -0.05) is 6.58 Å². The minimum atomic E-state index is -5.76. The Kier molecular flexibility index (Phi) is 7.74. The van der Waals surface area contributed by atoms with Gasteiger partial charge in [-0.15, -0.1) is 5.73 Å². The highest BCUT2D eigenvalue weighted by Gasteiger charge is 2.66. The van der Waals surface area contributed by atoms with Crippen LogP contribution < -0.4 is 11.2 Å². The van der Waals surface area contributed by atoms with Gasteiger partial charge in [0.05, 0.1) is 0 Å². The van der Waals surface area contributed by atoms with Crippen molar-refractivity contribution in [3.63, 3.8) is 0 Å². The molecule has 1 fully saturated rings. The molecular formula is C13H17F2N2O13P3. The van der Waals surface area contributed by atoms with Crippen LogP contribution in [0.5, 0.6) is 0 Å². The Morgan fingerprint density at radius 2 is 1.88 bits per heavy atom. The minimum absolute atomic E-state index is 0.338. The molecular weight excluding hydrogens is 523 g/mol. The number of phosphoric acid groups is 2. The number of nitrogens with one attached hydrogen (secondary N) is 1. The van der Waals surface area contributed by atoms with Gasteiger partial charge in [0.2, 0.25) is 5.67 Å². The van der Waals surface area contributed by atoms with Crippen molar-refractivity contribution in [3.8, 4) is 0 Å². The third-order valence-electron chi connectivity index (χ3n) is 3.83. The third kappa shape index (κ3) is 6.52. The SMILES string of the molecule is C=C=C[C@]1(F)[C@H](n2ccc(=O)[nH]c2=O)O[C@](F)(COP(=O)(O)OP(=O)(O)OP(C)(=O)O)[C@H]1O. The number of aromatic amines is 1. The van der Waals surface area contributed by atoms with Crippen molar-refractivity contribution < 1.29 is 60.1 Å². The first-order valence-corrected chi connectivity index (χ1v) is 13.3. The number of halogens is 2. The molecule has 1 aromatic heterocycles. The van der Waals surface area contributed by atoms with Gasteiger partial charge in [0.1, 0.15) is 6.61 Å². The van der Waals surface area contributed by atoms with Crippen LogP contribution in [0.3, 0.4) is 0 Å². The minimum Gasteiger partial charge on any atom is -0.383 e. The summed E-state index contributed by atoms with van der Waals surface area (Å²) in [5.41, 5.74) is -3.56. The molecule has 186 valence electrons. The second-order valence-corrected chi connectivity index (χ2v) is 11.6. The summed E-state index contributed by atoms with van der Waals surface area (Å²) < 4.78 is 81.8. The summed E-state index contributed by atoms with van der Waals surface area (Å²) in [6.45, 7) is 1.67. The van der Waals surface area contributed by atoms with Crippen LogP contribution in [0.25, 0.3) is 0 Å². The molecule has 1 aliphatic rings. The highest BCUT2D eigenvalue weighted by atomic mass is 31.3. The number of aromatic nitrogens is 2. The molecule has 15 nitrogen and oxygen atoms in total. The van der Waals surface area contributed by atoms with E-state index in [1.165, 1.54) is 0 Å². The lowest BCUT2D eigenvalue weighted by atomic mass is 9.95. The largest absolute Gasteiger partial charge is 0.488 e. The topological polar surface area (TPSA) is 224 Å². The number of rotatable bonds is 9. The van der Waals surface area contributed by atoms with Crippen molar-refractivity contribution in [2.45, 2.75) is 23.9 Å². The molecule has 1 saturated heterocycles. The van der Waals surface area contributed by atoms with E-state index in [1.807, 2.05) is 5.73 Å². The van der Waals surface area contributed by atoms with Gasteiger partial charge in [0, 0.05) is 25.0 Å². The maximum absolute atomic E-state index is 15.5. The third-order valence-corrected chi connectivity index (χ3v) is 7.97. The molecule has 3 unspecified atom stereocenters. The predicted octanol–water partition coefficient (Wildman–Crippen LogP) is 0.207. The summed E-state index contributed by atoms with van der Waals surface area (Å²) in [6.07, 6.45) is -4.13. The highest BCUT2D eigenvalue weighted by Crippen LogP contribution is 2.66. The zero-order valence-corrected chi connectivity index (χ0v) is 19.0. The lowest BCUT2D eigenvalue weighted by molar-refractivity contribution is -0.204. The molecule has 2 heterocycles. The van der Waals surface area contributed by atoms with Crippen molar-refractivity contribution >= 4 is 23.2 Å². The van der Waals surface area contributed by atoms with E-state index in [-0.39, 0.29) is 0 Å². The van der Waals surface area contributed by atoms with Gasteiger partial charge < -0.3 is 24.5 Å². The maximum atomic E-state index is 15.5. The zero-order valence-electron chi connectivity index (χ0n) is 16.3. The molecule has 0 radical (unpaired) electrons. The Morgan fingerprint density at radius 1 is 1.27 bits per heavy atom. The molecule has 1 aromatic rings. The number of hydrogen-bond acceptors (Lipinski definition) is 10. The van der Waals surface area contributed by atoms with Crippen molar-refractivity contribution in [2.75, 3.05) is 13.3 Å². The fraction of sp³-hybridized carbons (Fsp3) is 0.462. The quantitative estimate of drug-likeness (QED) is 0.209. The molecule has 20 heteroatoms. The Bertz CT molecular complexity index is 1220. The zero-order chi connectivity index (χ0) is 25.5. The molecule has 0 aromatic carbocycles. The molecule has 1 aliphatic heterocycles. The second kappa shape index (κ2) is 9.23. The van der Waals surface area contributed by atoms with E-state index in [9.17, 15) is 38.2 Å². The highest BCUT2D eigenvalue weighted by molar-refractivity contribution is 7.68. The monoisotopic (exact) mass is 540 g/mol. The van der Waals surface area contributed by atoms with E-state index >= 15 is 8.78 Å². The number of aliphatic hydroxyl groups excluding tert-OH is 1. The first-order valence-electron chi connectivity index (χ1n) is 8.29. The fourth-order valence-corrected chi connectivity index (χ4v) is 6.13. The van der Waals surface area contributed by atoms with E-state index in [0.29, 0.717) is 23.5 Å². The standard InChI is InChI=1S/C13H17F2N2O13P3/c1-3-5-12(14)9(19)13(15,28-10(12)17-6-4-8(18)16-11(17)20)7-27-32(23,24)30-33(25,26)29-31(2,21)22/h4-6,9-10,19H,1,7H2,2H3,(H,21,22)(H,23,24)(H,25,26)(H,16,18,20)/t9-,10+,12+,13+/m0/s1. The molecule has 0 amide bonds. The Hall–Kier alpha value is -1.57. The van der Waals surface area contributed by atoms with Gasteiger partial charge in [-0.25, -0.2) is 27.0 Å². The Balaban J connectivity index is 2.33. The van der Waals surface area contributed by atoms with Gasteiger partial charge in [-0.2, -0.15) is 4.31 Å².